The summed E-state index contributed by atoms with van der Waals surface area (Å²) in [5, 5.41) is 8.91. The molecule has 0 aromatic carbocycles. The van der Waals surface area contributed by atoms with Gasteiger partial charge in [0.25, 0.3) is 0 Å². The van der Waals surface area contributed by atoms with E-state index >= 15 is 0 Å². The normalized spacial score (nSPS) is 27.3. The number of methoxy groups -OCH3 is 1. The number of hydrogen-bond donors (Lipinski definition) is 1. The average Bonchev–Trinajstić information content (AvgIpc) is 2.66. The summed E-state index contributed by atoms with van der Waals surface area (Å²) < 4.78 is 5.17. The molecule has 92 valence electrons. The van der Waals surface area contributed by atoms with Gasteiger partial charge in [-0.2, -0.15) is 5.26 Å². The number of hydrogen-bond acceptors (Lipinski definition) is 4. The van der Waals surface area contributed by atoms with Crippen molar-refractivity contribution in [1.82, 2.24) is 4.90 Å². The molecule has 0 spiro atoms. The van der Waals surface area contributed by atoms with Crippen LogP contribution in [0.15, 0.2) is 0 Å². The van der Waals surface area contributed by atoms with Gasteiger partial charge in [-0.25, -0.2) is 0 Å². The van der Waals surface area contributed by atoms with Gasteiger partial charge >= 0.3 is 0 Å². The Hall–Kier alpha value is -0.630. The van der Waals surface area contributed by atoms with E-state index in [2.05, 4.69) is 17.9 Å². The summed E-state index contributed by atoms with van der Waals surface area (Å²) in [6.07, 6.45) is 1.91. The van der Waals surface area contributed by atoms with Crippen LogP contribution < -0.4 is 5.73 Å². The van der Waals surface area contributed by atoms with Gasteiger partial charge in [-0.15, -0.1) is 0 Å². The largest absolute Gasteiger partial charge is 0.384 e. The molecule has 4 heteroatoms. The highest BCUT2D eigenvalue weighted by Gasteiger charge is 2.29. The first kappa shape index (κ1) is 13.4. The van der Waals surface area contributed by atoms with E-state index in [-0.39, 0.29) is 0 Å². The maximum atomic E-state index is 8.91. The van der Waals surface area contributed by atoms with E-state index in [4.69, 9.17) is 15.7 Å². The van der Waals surface area contributed by atoms with Gasteiger partial charge < -0.3 is 15.4 Å². The second-order valence-electron chi connectivity index (χ2n) is 5.19. The Bertz CT molecular complexity index is 259. The SMILES string of the molecule is COCC1CCN(C(C)CC(C)(N)C#N)C1. The Labute approximate surface area is 98.4 Å². The Balaban J connectivity index is 2.39. The number of nitrogens with two attached hydrogens (primary N) is 1. The van der Waals surface area contributed by atoms with Crippen molar-refractivity contribution in [3.63, 3.8) is 0 Å². The summed E-state index contributed by atoms with van der Waals surface area (Å²) in [5.41, 5.74) is 5.16. The molecule has 2 N–H and O–H groups in total. The first-order valence-corrected chi connectivity index (χ1v) is 5.91. The van der Waals surface area contributed by atoms with Gasteiger partial charge in [0.1, 0.15) is 5.54 Å². The summed E-state index contributed by atoms with van der Waals surface area (Å²) in [6.45, 7) is 6.94. The lowest BCUT2D eigenvalue weighted by Crippen LogP contribution is -2.43. The summed E-state index contributed by atoms with van der Waals surface area (Å²) in [5.74, 6) is 0.638. The quantitative estimate of drug-likeness (QED) is 0.757. The first-order chi connectivity index (χ1) is 7.48. The minimum Gasteiger partial charge on any atom is -0.384 e. The molecule has 3 unspecified atom stereocenters. The topological polar surface area (TPSA) is 62.3 Å². The molecule has 1 fully saturated rings. The highest BCUT2D eigenvalue weighted by Crippen LogP contribution is 2.22. The number of ether oxygens (including phenoxy) is 1. The Kier molecular flexibility index (Phi) is 4.72. The molecule has 4 nitrogen and oxygen atoms in total. The summed E-state index contributed by atoms with van der Waals surface area (Å²) in [4.78, 5) is 2.41. The second kappa shape index (κ2) is 5.62. The van der Waals surface area contributed by atoms with Gasteiger partial charge in [0.15, 0.2) is 0 Å². The van der Waals surface area contributed by atoms with Crippen LogP contribution >= 0.6 is 0 Å². The van der Waals surface area contributed by atoms with Crippen molar-refractivity contribution in [1.29, 1.82) is 5.26 Å². The van der Waals surface area contributed by atoms with Crippen LogP contribution in [-0.2, 0) is 4.74 Å². The third kappa shape index (κ3) is 3.75. The van der Waals surface area contributed by atoms with E-state index in [1.807, 2.05) is 0 Å². The van der Waals surface area contributed by atoms with E-state index in [9.17, 15) is 0 Å². The molecule has 1 heterocycles. The van der Waals surface area contributed by atoms with Crippen LogP contribution in [0, 0.1) is 17.2 Å². The van der Waals surface area contributed by atoms with Crippen LogP contribution in [0.3, 0.4) is 0 Å². The molecule has 0 saturated carbocycles. The Morgan fingerprint density at radius 1 is 1.69 bits per heavy atom. The molecule has 0 aromatic rings. The smallest absolute Gasteiger partial charge is 0.102 e. The van der Waals surface area contributed by atoms with Gasteiger partial charge in [-0.3, -0.25) is 0 Å². The van der Waals surface area contributed by atoms with Crippen molar-refractivity contribution in [3.05, 3.63) is 0 Å². The third-order valence-corrected chi connectivity index (χ3v) is 3.32. The molecule has 1 aliphatic heterocycles. The van der Waals surface area contributed by atoms with E-state index < -0.39 is 5.54 Å². The lowest BCUT2D eigenvalue weighted by molar-refractivity contribution is 0.145. The van der Waals surface area contributed by atoms with Crippen molar-refractivity contribution in [2.75, 3.05) is 26.8 Å². The standard InChI is InChI=1S/C12H23N3O/c1-10(6-12(2,14)9-13)15-5-4-11(7-15)8-16-3/h10-11H,4-8,14H2,1-3H3. The minimum atomic E-state index is -0.710. The maximum absolute atomic E-state index is 8.91. The molecular formula is C12H23N3O. The van der Waals surface area contributed by atoms with Gasteiger partial charge in [-0.05, 0) is 39.2 Å². The molecule has 0 bridgehead atoms. The number of likely N-dealkylation sites (tertiary alicyclic amines) is 1. The van der Waals surface area contributed by atoms with Crippen LogP contribution in [0.25, 0.3) is 0 Å². The minimum absolute atomic E-state index is 0.372. The third-order valence-electron chi connectivity index (χ3n) is 3.32. The lowest BCUT2D eigenvalue weighted by atomic mass is 9.96. The molecule has 1 saturated heterocycles. The zero-order valence-electron chi connectivity index (χ0n) is 10.6. The monoisotopic (exact) mass is 225 g/mol. The van der Waals surface area contributed by atoms with Gasteiger partial charge in [0, 0.05) is 19.7 Å². The predicted octanol–water partition coefficient (Wildman–Crippen LogP) is 0.974. The Morgan fingerprint density at radius 3 is 2.94 bits per heavy atom. The zero-order valence-corrected chi connectivity index (χ0v) is 10.6. The van der Waals surface area contributed by atoms with Crippen LogP contribution in [0.4, 0.5) is 0 Å². The summed E-state index contributed by atoms with van der Waals surface area (Å²) >= 11 is 0. The van der Waals surface area contributed by atoms with Gasteiger partial charge in [-0.1, -0.05) is 0 Å². The molecule has 1 rings (SSSR count). The molecule has 0 aliphatic carbocycles. The zero-order chi connectivity index (χ0) is 12.2. The van der Waals surface area contributed by atoms with Crippen LogP contribution in [0.1, 0.15) is 26.7 Å². The van der Waals surface area contributed by atoms with Gasteiger partial charge in [0.05, 0.1) is 12.7 Å². The van der Waals surface area contributed by atoms with Crippen molar-refractivity contribution < 1.29 is 4.74 Å². The summed E-state index contributed by atoms with van der Waals surface area (Å²) in [7, 11) is 1.75. The van der Waals surface area contributed by atoms with E-state index in [0.717, 1.165) is 26.1 Å². The van der Waals surface area contributed by atoms with Gasteiger partial charge in [0.2, 0.25) is 0 Å². The molecule has 0 radical (unpaired) electrons. The van der Waals surface area contributed by atoms with Crippen LogP contribution in [0.5, 0.6) is 0 Å². The van der Waals surface area contributed by atoms with E-state index in [1.165, 1.54) is 6.42 Å². The van der Waals surface area contributed by atoms with E-state index in [0.29, 0.717) is 12.0 Å². The van der Waals surface area contributed by atoms with Crippen LogP contribution in [0.2, 0.25) is 0 Å². The average molecular weight is 225 g/mol. The lowest BCUT2D eigenvalue weighted by Gasteiger charge is -2.28. The number of nitriles is 1. The fraction of sp³-hybridized carbons (Fsp3) is 0.917. The van der Waals surface area contributed by atoms with Crippen molar-refractivity contribution >= 4 is 0 Å². The fourth-order valence-electron chi connectivity index (χ4n) is 2.42. The highest BCUT2D eigenvalue weighted by molar-refractivity contribution is 5.03. The molecule has 3 atom stereocenters. The second-order valence-corrected chi connectivity index (χ2v) is 5.19. The Morgan fingerprint density at radius 2 is 2.38 bits per heavy atom. The molecule has 0 amide bonds. The fourth-order valence-corrected chi connectivity index (χ4v) is 2.42. The van der Waals surface area contributed by atoms with Crippen molar-refractivity contribution in [2.24, 2.45) is 11.7 Å². The van der Waals surface area contributed by atoms with E-state index in [1.54, 1.807) is 14.0 Å². The predicted molar refractivity (Wildman–Crippen MR) is 63.8 cm³/mol. The molecule has 1 aliphatic rings. The number of rotatable bonds is 5. The molecular weight excluding hydrogens is 202 g/mol. The summed E-state index contributed by atoms with van der Waals surface area (Å²) in [6, 6.07) is 2.53. The number of nitrogens with zero attached hydrogens (tertiary/aromatic N) is 2. The maximum Gasteiger partial charge on any atom is 0.102 e. The van der Waals surface area contributed by atoms with Crippen LogP contribution in [-0.4, -0.2) is 43.3 Å². The molecule has 16 heavy (non-hydrogen) atoms. The molecule has 0 aromatic heterocycles. The highest BCUT2D eigenvalue weighted by atomic mass is 16.5. The van der Waals surface area contributed by atoms with Crippen molar-refractivity contribution in [3.8, 4) is 6.07 Å². The first-order valence-electron chi connectivity index (χ1n) is 5.91. The van der Waals surface area contributed by atoms with Crippen molar-refractivity contribution in [2.45, 2.75) is 38.3 Å².